The molecule has 104 valence electrons. The van der Waals surface area contributed by atoms with Crippen LogP contribution in [-0.2, 0) is 4.79 Å². The van der Waals surface area contributed by atoms with Gasteiger partial charge in [0.1, 0.15) is 0 Å². The maximum Gasteiger partial charge on any atom is 0.304 e. The summed E-state index contributed by atoms with van der Waals surface area (Å²) in [5.41, 5.74) is 2.59. The SMILES string of the molecule is Cc1ccccc1C(C)N1CCSCC1CC(=O)O. The maximum atomic E-state index is 11.0. The van der Waals surface area contributed by atoms with Gasteiger partial charge in [-0.05, 0) is 25.0 Å². The number of hydrogen-bond acceptors (Lipinski definition) is 3. The zero-order valence-electron chi connectivity index (χ0n) is 11.5. The smallest absolute Gasteiger partial charge is 0.304 e. The molecule has 1 fully saturated rings. The van der Waals surface area contributed by atoms with Crippen LogP contribution in [0.15, 0.2) is 24.3 Å². The molecular formula is C15H21NO2S. The van der Waals surface area contributed by atoms with Crippen molar-refractivity contribution in [3.05, 3.63) is 35.4 Å². The molecule has 0 aliphatic carbocycles. The van der Waals surface area contributed by atoms with Gasteiger partial charge in [-0.15, -0.1) is 0 Å². The van der Waals surface area contributed by atoms with Crippen molar-refractivity contribution in [2.75, 3.05) is 18.1 Å². The molecule has 1 aliphatic heterocycles. The van der Waals surface area contributed by atoms with Crippen LogP contribution in [0.3, 0.4) is 0 Å². The van der Waals surface area contributed by atoms with E-state index < -0.39 is 5.97 Å². The van der Waals surface area contributed by atoms with Crippen molar-refractivity contribution < 1.29 is 9.90 Å². The molecule has 19 heavy (non-hydrogen) atoms. The lowest BCUT2D eigenvalue weighted by molar-refractivity contribution is -0.138. The molecule has 0 amide bonds. The highest BCUT2D eigenvalue weighted by Crippen LogP contribution is 2.30. The Balaban J connectivity index is 2.17. The first kappa shape index (κ1) is 14.4. The van der Waals surface area contributed by atoms with Gasteiger partial charge in [0.05, 0.1) is 6.42 Å². The fourth-order valence-electron chi connectivity index (χ4n) is 2.79. The molecule has 0 saturated carbocycles. The van der Waals surface area contributed by atoms with E-state index in [1.807, 2.05) is 17.8 Å². The summed E-state index contributed by atoms with van der Waals surface area (Å²) in [5.74, 6) is 1.31. The summed E-state index contributed by atoms with van der Waals surface area (Å²) in [5, 5.41) is 9.05. The van der Waals surface area contributed by atoms with E-state index in [4.69, 9.17) is 5.11 Å². The first-order chi connectivity index (χ1) is 9.09. The number of aryl methyl sites for hydroxylation is 1. The molecule has 1 N–H and O–H groups in total. The van der Waals surface area contributed by atoms with E-state index in [-0.39, 0.29) is 18.5 Å². The Labute approximate surface area is 119 Å². The molecule has 1 saturated heterocycles. The fourth-order valence-corrected chi connectivity index (χ4v) is 3.88. The molecule has 4 heteroatoms. The molecule has 1 aliphatic rings. The topological polar surface area (TPSA) is 40.5 Å². The highest BCUT2D eigenvalue weighted by molar-refractivity contribution is 7.99. The Kier molecular flexibility index (Phi) is 4.88. The predicted molar refractivity (Wildman–Crippen MR) is 79.7 cm³/mol. The third kappa shape index (κ3) is 3.51. The highest BCUT2D eigenvalue weighted by Gasteiger charge is 2.29. The van der Waals surface area contributed by atoms with Crippen molar-refractivity contribution in [2.24, 2.45) is 0 Å². The third-order valence-corrected chi connectivity index (χ3v) is 4.91. The summed E-state index contributed by atoms with van der Waals surface area (Å²) >= 11 is 1.86. The number of aliphatic carboxylic acids is 1. The molecule has 1 heterocycles. The Morgan fingerprint density at radius 3 is 2.95 bits per heavy atom. The normalized spacial score (nSPS) is 22.1. The number of thioether (sulfide) groups is 1. The number of carboxylic acids is 1. The average Bonchev–Trinajstić information content (AvgIpc) is 2.38. The molecule has 0 spiro atoms. The quantitative estimate of drug-likeness (QED) is 0.920. The third-order valence-electron chi connectivity index (χ3n) is 3.82. The summed E-state index contributed by atoms with van der Waals surface area (Å²) in [6, 6.07) is 8.81. The van der Waals surface area contributed by atoms with Crippen LogP contribution in [0.2, 0.25) is 0 Å². The monoisotopic (exact) mass is 279 g/mol. The van der Waals surface area contributed by atoms with E-state index in [0.717, 1.165) is 18.1 Å². The first-order valence-corrected chi connectivity index (χ1v) is 7.86. The fraction of sp³-hybridized carbons (Fsp3) is 0.533. The Bertz CT molecular complexity index is 450. The molecule has 0 bridgehead atoms. The molecule has 3 nitrogen and oxygen atoms in total. The van der Waals surface area contributed by atoms with Gasteiger partial charge in [-0.1, -0.05) is 24.3 Å². The van der Waals surface area contributed by atoms with E-state index in [0.29, 0.717) is 0 Å². The number of carbonyl (C=O) groups is 1. The van der Waals surface area contributed by atoms with Crippen LogP contribution in [0.5, 0.6) is 0 Å². The minimum atomic E-state index is -0.700. The molecule has 2 rings (SSSR count). The summed E-state index contributed by atoms with van der Waals surface area (Å²) in [6.07, 6.45) is 0.239. The highest BCUT2D eigenvalue weighted by atomic mass is 32.2. The zero-order valence-corrected chi connectivity index (χ0v) is 12.3. The van der Waals surface area contributed by atoms with Gasteiger partial charge in [0.15, 0.2) is 0 Å². The Morgan fingerprint density at radius 2 is 2.26 bits per heavy atom. The van der Waals surface area contributed by atoms with E-state index in [9.17, 15) is 4.79 Å². The summed E-state index contributed by atoms with van der Waals surface area (Å²) in [7, 11) is 0. The molecule has 2 unspecified atom stereocenters. The number of benzene rings is 1. The number of rotatable bonds is 4. The second-order valence-corrected chi connectivity index (χ2v) is 6.25. The van der Waals surface area contributed by atoms with Crippen molar-refractivity contribution in [1.82, 2.24) is 4.90 Å². The van der Waals surface area contributed by atoms with Gasteiger partial charge >= 0.3 is 5.97 Å². The van der Waals surface area contributed by atoms with Crippen LogP contribution >= 0.6 is 11.8 Å². The predicted octanol–water partition coefficient (Wildman–Crippen LogP) is 2.95. The lowest BCUT2D eigenvalue weighted by atomic mass is 9.99. The number of nitrogens with zero attached hydrogens (tertiary/aromatic N) is 1. The maximum absolute atomic E-state index is 11.0. The van der Waals surface area contributed by atoms with Gasteiger partial charge in [0, 0.05) is 30.1 Å². The molecule has 1 aromatic carbocycles. The van der Waals surface area contributed by atoms with Crippen LogP contribution in [0.25, 0.3) is 0 Å². The minimum absolute atomic E-state index is 0.144. The van der Waals surface area contributed by atoms with Crippen molar-refractivity contribution in [3.8, 4) is 0 Å². The van der Waals surface area contributed by atoms with Gasteiger partial charge in [-0.2, -0.15) is 11.8 Å². The van der Waals surface area contributed by atoms with Gasteiger partial charge in [0.25, 0.3) is 0 Å². The molecule has 0 radical (unpaired) electrons. The van der Waals surface area contributed by atoms with Crippen LogP contribution < -0.4 is 0 Å². The molecular weight excluding hydrogens is 258 g/mol. The second-order valence-electron chi connectivity index (χ2n) is 5.10. The summed E-state index contributed by atoms with van der Waals surface area (Å²) in [4.78, 5) is 13.4. The Hall–Kier alpha value is -1.00. The van der Waals surface area contributed by atoms with E-state index in [2.05, 4.69) is 36.9 Å². The van der Waals surface area contributed by atoms with Crippen molar-refractivity contribution in [1.29, 1.82) is 0 Å². The van der Waals surface area contributed by atoms with E-state index in [1.54, 1.807) is 0 Å². The lowest BCUT2D eigenvalue weighted by Gasteiger charge is -2.39. The van der Waals surface area contributed by atoms with Crippen molar-refractivity contribution in [3.63, 3.8) is 0 Å². The van der Waals surface area contributed by atoms with Crippen LogP contribution in [0, 0.1) is 6.92 Å². The number of hydrogen-bond donors (Lipinski definition) is 1. The second kappa shape index (κ2) is 6.44. The molecule has 2 atom stereocenters. The first-order valence-electron chi connectivity index (χ1n) is 6.70. The lowest BCUT2D eigenvalue weighted by Crippen LogP contribution is -2.45. The van der Waals surface area contributed by atoms with Crippen LogP contribution in [0.4, 0.5) is 0 Å². The number of carboxylic acid groups (broad SMARTS) is 1. The average molecular weight is 279 g/mol. The van der Waals surface area contributed by atoms with Gasteiger partial charge < -0.3 is 5.11 Å². The van der Waals surface area contributed by atoms with Crippen molar-refractivity contribution >= 4 is 17.7 Å². The molecule has 0 aromatic heterocycles. The van der Waals surface area contributed by atoms with Gasteiger partial charge in [0.2, 0.25) is 0 Å². The van der Waals surface area contributed by atoms with Gasteiger partial charge in [-0.25, -0.2) is 0 Å². The zero-order chi connectivity index (χ0) is 13.8. The minimum Gasteiger partial charge on any atom is -0.481 e. The standard InChI is InChI=1S/C15H21NO2S/c1-11-5-3-4-6-14(11)12(2)16-7-8-19-10-13(16)9-15(17)18/h3-6,12-13H,7-10H2,1-2H3,(H,17,18). The van der Waals surface area contributed by atoms with Crippen molar-refractivity contribution in [2.45, 2.75) is 32.4 Å². The summed E-state index contributed by atoms with van der Waals surface area (Å²) < 4.78 is 0. The molecule has 1 aromatic rings. The van der Waals surface area contributed by atoms with E-state index in [1.165, 1.54) is 11.1 Å². The largest absolute Gasteiger partial charge is 0.481 e. The van der Waals surface area contributed by atoms with Crippen LogP contribution in [0.1, 0.15) is 30.5 Å². The Morgan fingerprint density at radius 1 is 1.53 bits per heavy atom. The summed E-state index contributed by atoms with van der Waals surface area (Å²) in [6.45, 7) is 5.28. The van der Waals surface area contributed by atoms with Gasteiger partial charge in [-0.3, -0.25) is 9.69 Å². The van der Waals surface area contributed by atoms with E-state index >= 15 is 0 Å². The van der Waals surface area contributed by atoms with Crippen LogP contribution in [-0.4, -0.2) is 40.1 Å².